The van der Waals surface area contributed by atoms with Gasteiger partial charge in [0.15, 0.2) is 5.82 Å². The van der Waals surface area contributed by atoms with Gasteiger partial charge in [-0.3, -0.25) is 4.79 Å². The third kappa shape index (κ3) is 3.13. The van der Waals surface area contributed by atoms with Crippen molar-refractivity contribution in [3.63, 3.8) is 0 Å². The van der Waals surface area contributed by atoms with E-state index in [0.717, 1.165) is 4.68 Å². The highest BCUT2D eigenvalue weighted by Crippen LogP contribution is 2.28. The molecule has 3 rings (SSSR count). The van der Waals surface area contributed by atoms with Gasteiger partial charge in [0, 0.05) is 5.56 Å². The van der Waals surface area contributed by atoms with Crippen LogP contribution < -0.4 is 4.74 Å². The molecule has 7 heteroatoms. The molecule has 1 aromatic heterocycles. The molecular formula is C17H13Cl2N3O2. The quantitative estimate of drug-likeness (QED) is 0.693. The minimum absolute atomic E-state index is 0.104. The van der Waals surface area contributed by atoms with Gasteiger partial charge < -0.3 is 4.74 Å². The summed E-state index contributed by atoms with van der Waals surface area (Å²) in [5, 5.41) is 4.95. The Morgan fingerprint density at radius 2 is 1.75 bits per heavy atom. The molecule has 5 nitrogen and oxygen atoms in total. The first-order chi connectivity index (χ1) is 11.6. The molecule has 2 aromatic carbocycles. The number of nitrogens with zero attached hydrogens (tertiary/aromatic N) is 3. The Morgan fingerprint density at radius 3 is 2.42 bits per heavy atom. The molecule has 24 heavy (non-hydrogen) atoms. The molecule has 0 aliphatic heterocycles. The number of hydrogen-bond donors (Lipinski definition) is 0. The fraction of sp³-hybridized carbons (Fsp3) is 0.118. The number of benzene rings is 2. The summed E-state index contributed by atoms with van der Waals surface area (Å²) in [6, 6.07) is 13.9. The van der Waals surface area contributed by atoms with Gasteiger partial charge >= 0.3 is 6.01 Å². The third-order valence-electron chi connectivity index (χ3n) is 3.27. The summed E-state index contributed by atoms with van der Waals surface area (Å²) < 4.78 is 6.49. The van der Waals surface area contributed by atoms with Crippen molar-refractivity contribution in [3.8, 4) is 17.4 Å². The second-order valence-electron chi connectivity index (χ2n) is 4.83. The van der Waals surface area contributed by atoms with Gasteiger partial charge in [-0.1, -0.05) is 47.5 Å². The maximum Gasteiger partial charge on any atom is 0.336 e. The summed E-state index contributed by atoms with van der Waals surface area (Å²) in [4.78, 5) is 17.2. The van der Waals surface area contributed by atoms with Crippen LogP contribution in [0, 0.1) is 0 Å². The molecule has 0 bridgehead atoms. The van der Waals surface area contributed by atoms with E-state index in [4.69, 9.17) is 27.9 Å². The smallest absolute Gasteiger partial charge is 0.336 e. The zero-order valence-electron chi connectivity index (χ0n) is 12.7. The van der Waals surface area contributed by atoms with E-state index in [2.05, 4.69) is 10.1 Å². The number of carbonyl (C=O) groups is 1. The van der Waals surface area contributed by atoms with Crippen LogP contribution in [0.2, 0.25) is 10.0 Å². The first kappa shape index (κ1) is 16.5. The topological polar surface area (TPSA) is 57.0 Å². The minimum atomic E-state index is -0.408. The highest BCUT2D eigenvalue weighted by atomic mass is 35.5. The summed E-state index contributed by atoms with van der Waals surface area (Å²) in [5.74, 6) is -0.108. The highest BCUT2D eigenvalue weighted by Gasteiger charge is 2.22. The van der Waals surface area contributed by atoms with Crippen LogP contribution in [0.3, 0.4) is 0 Å². The number of rotatable bonds is 4. The van der Waals surface area contributed by atoms with Crippen LogP contribution in [0.25, 0.3) is 11.4 Å². The highest BCUT2D eigenvalue weighted by molar-refractivity contribution is 6.34. The fourth-order valence-electron chi connectivity index (χ4n) is 2.19. The van der Waals surface area contributed by atoms with Crippen LogP contribution in [0.5, 0.6) is 6.01 Å². The van der Waals surface area contributed by atoms with Gasteiger partial charge in [-0.25, -0.2) is 0 Å². The SMILES string of the molecule is CCOc1nc(-c2ccccc2Cl)n(C(=O)c2ccccc2Cl)n1. The Morgan fingerprint density at radius 1 is 1.08 bits per heavy atom. The minimum Gasteiger partial charge on any atom is -0.463 e. The summed E-state index contributed by atoms with van der Waals surface area (Å²) >= 11 is 12.4. The van der Waals surface area contributed by atoms with Gasteiger partial charge in [-0.2, -0.15) is 9.67 Å². The average Bonchev–Trinajstić information content (AvgIpc) is 2.99. The van der Waals surface area contributed by atoms with Crippen molar-refractivity contribution in [1.29, 1.82) is 0 Å². The van der Waals surface area contributed by atoms with E-state index in [1.54, 1.807) is 48.5 Å². The molecule has 0 amide bonds. The molecule has 122 valence electrons. The van der Waals surface area contributed by atoms with E-state index in [1.807, 2.05) is 6.92 Å². The standard InChI is InChI=1S/C17H13Cl2N3O2/c1-2-24-17-20-15(11-7-3-5-9-13(11)18)22(21-17)16(23)12-8-4-6-10-14(12)19/h3-10H,2H2,1H3. The Balaban J connectivity index is 2.15. The maximum atomic E-state index is 12.9. The number of carbonyl (C=O) groups excluding carboxylic acids is 1. The zero-order valence-corrected chi connectivity index (χ0v) is 14.3. The molecule has 0 atom stereocenters. The van der Waals surface area contributed by atoms with Crippen LogP contribution >= 0.6 is 23.2 Å². The molecular weight excluding hydrogens is 349 g/mol. The lowest BCUT2D eigenvalue weighted by atomic mass is 10.2. The number of aromatic nitrogens is 3. The molecule has 1 heterocycles. The third-order valence-corrected chi connectivity index (χ3v) is 3.93. The molecule has 0 fully saturated rings. The van der Waals surface area contributed by atoms with Crippen molar-refractivity contribution in [2.75, 3.05) is 6.61 Å². The van der Waals surface area contributed by atoms with Gasteiger partial charge in [0.25, 0.3) is 5.91 Å². The van der Waals surface area contributed by atoms with Gasteiger partial charge in [0.2, 0.25) is 0 Å². The molecule has 3 aromatic rings. The van der Waals surface area contributed by atoms with Crippen molar-refractivity contribution in [1.82, 2.24) is 14.8 Å². The lowest BCUT2D eigenvalue weighted by molar-refractivity contribution is 0.0945. The second kappa shape index (κ2) is 7.03. The van der Waals surface area contributed by atoms with E-state index in [9.17, 15) is 4.79 Å². The summed E-state index contributed by atoms with van der Waals surface area (Å²) in [6.45, 7) is 2.19. The van der Waals surface area contributed by atoms with E-state index >= 15 is 0 Å². The molecule has 0 N–H and O–H groups in total. The summed E-state index contributed by atoms with van der Waals surface area (Å²) in [5.41, 5.74) is 0.901. The first-order valence-electron chi connectivity index (χ1n) is 7.25. The fourth-order valence-corrected chi connectivity index (χ4v) is 2.63. The zero-order chi connectivity index (χ0) is 17.1. The monoisotopic (exact) mass is 361 g/mol. The maximum absolute atomic E-state index is 12.9. The van der Waals surface area contributed by atoms with Crippen molar-refractivity contribution >= 4 is 29.1 Å². The van der Waals surface area contributed by atoms with Gasteiger partial charge in [0.1, 0.15) is 0 Å². The van der Waals surface area contributed by atoms with E-state index in [1.165, 1.54) is 0 Å². The van der Waals surface area contributed by atoms with Crippen LogP contribution in [0.15, 0.2) is 48.5 Å². The Labute approximate surface area is 148 Å². The van der Waals surface area contributed by atoms with Crippen LogP contribution in [-0.4, -0.2) is 27.3 Å². The van der Waals surface area contributed by atoms with E-state index < -0.39 is 5.91 Å². The van der Waals surface area contributed by atoms with Gasteiger partial charge in [-0.15, -0.1) is 5.10 Å². The normalized spacial score (nSPS) is 10.6. The van der Waals surface area contributed by atoms with Crippen molar-refractivity contribution in [2.45, 2.75) is 6.92 Å². The Kier molecular flexibility index (Phi) is 4.83. The van der Waals surface area contributed by atoms with Crippen LogP contribution in [0.1, 0.15) is 17.3 Å². The Hall–Kier alpha value is -2.37. The largest absolute Gasteiger partial charge is 0.463 e. The molecule has 0 aliphatic carbocycles. The number of hydrogen-bond acceptors (Lipinski definition) is 4. The van der Waals surface area contributed by atoms with Crippen molar-refractivity contribution in [3.05, 3.63) is 64.1 Å². The van der Waals surface area contributed by atoms with Crippen LogP contribution in [-0.2, 0) is 0 Å². The molecule has 0 saturated carbocycles. The average molecular weight is 362 g/mol. The van der Waals surface area contributed by atoms with Crippen LogP contribution in [0.4, 0.5) is 0 Å². The molecule has 0 spiro atoms. The first-order valence-corrected chi connectivity index (χ1v) is 8.01. The van der Waals surface area contributed by atoms with E-state index in [-0.39, 0.29) is 6.01 Å². The summed E-state index contributed by atoms with van der Waals surface area (Å²) in [6.07, 6.45) is 0. The van der Waals surface area contributed by atoms with Crippen molar-refractivity contribution < 1.29 is 9.53 Å². The molecule has 0 aliphatic rings. The molecule has 0 saturated heterocycles. The van der Waals surface area contributed by atoms with Gasteiger partial charge in [0.05, 0.1) is 22.2 Å². The Bertz CT molecular complexity index is 893. The summed E-state index contributed by atoms with van der Waals surface area (Å²) in [7, 11) is 0. The predicted octanol–water partition coefficient (Wildman–Crippen LogP) is 4.34. The van der Waals surface area contributed by atoms with Crippen molar-refractivity contribution in [2.24, 2.45) is 0 Å². The number of halogens is 2. The lowest BCUT2D eigenvalue weighted by Gasteiger charge is -2.07. The second-order valence-corrected chi connectivity index (χ2v) is 5.64. The van der Waals surface area contributed by atoms with Gasteiger partial charge in [-0.05, 0) is 31.2 Å². The van der Waals surface area contributed by atoms with E-state index in [0.29, 0.717) is 33.6 Å². The number of ether oxygens (including phenoxy) is 1. The molecule has 0 unspecified atom stereocenters. The predicted molar refractivity (Wildman–Crippen MR) is 92.8 cm³/mol. The lowest BCUT2D eigenvalue weighted by Crippen LogP contribution is -2.16. The molecule has 0 radical (unpaired) electrons.